The van der Waals surface area contributed by atoms with Crippen LogP contribution in [0.1, 0.15) is 62.4 Å². The van der Waals surface area contributed by atoms with Crippen LogP contribution in [-0.4, -0.2) is 74.5 Å². The summed E-state index contributed by atoms with van der Waals surface area (Å²) < 4.78 is 58.5. The summed E-state index contributed by atoms with van der Waals surface area (Å²) in [6, 6.07) is 2.18. The summed E-state index contributed by atoms with van der Waals surface area (Å²) in [6.07, 6.45) is -3.11. The lowest BCUT2D eigenvalue weighted by atomic mass is 9.81. The van der Waals surface area contributed by atoms with E-state index in [0.717, 1.165) is 6.20 Å². The number of hydrogen-bond donors (Lipinski definition) is 3. The van der Waals surface area contributed by atoms with E-state index in [0.29, 0.717) is 31.5 Å². The molecule has 4 rings (SSSR count). The van der Waals surface area contributed by atoms with Crippen LogP contribution in [0.25, 0.3) is 11.3 Å². The number of rotatable bonds is 6. The molecule has 208 valence electrons. The smallest absolute Gasteiger partial charge is 0.417 e. The predicted molar refractivity (Wildman–Crippen MR) is 128 cm³/mol. The third-order valence-electron chi connectivity index (χ3n) is 7.63. The molecule has 1 saturated carbocycles. The number of likely N-dealkylation sites (tertiary alicyclic amines) is 1. The Balaban J connectivity index is 1.36. The van der Waals surface area contributed by atoms with Gasteiger partial charge in [-0.25, -0.2) is 9.37 Å². The summed E-state index contributed by atoms with van der Waals surface area (Å²) in [5.74, 6) is -1.38. The van der Waals surface area contributed by atoms with Crippen molar-refractivity contribution in [2.45, 2.75) is 75.7 Å². The minimum absolute atomic E-state index is 0.0434. The average molecular weight is 542 g/mol. The highest BCUT2D eigenvalue weighted by Crippen LogP contribution is 2.41. The fourth-order valence-electron chi connectivity index (χ4n) is 5.24. The van der Waals surface area contributed by atoms with Gasteiger partial charge < -0.3 is 20.1 Å². The molecule has 13 heteroatoms. The number of carbonyl (C=O) groups excluding carboxylic acids is 2. The lowest BCUT2D eigenvalue weighted by Gasteiger charge is -2.40. The zero-order chi connectivity index (χ0) is 27.7. The number of H-pyrrole nitrogens is 1. The normalized spacial score (nSPS) is 26.2. The Morgan fingerprint density at radius 3 is 2.61 bits per heavy atom. The highest BCUT2D eigenvalue weighted by molar-refractivity contribution is 5.94. The van der Waals surface area contributed by atoms with Gasteiger partial charge in [-0.2, -0.15) is 18.3 Å². The monoisotopic (exact) mass is 541 g/mol. The molecule has 2 aromatic heterocycles. The number of hydrogen-bond acceptors (Lipinski definition) is 6. The van der Waals surface area contributed by atoms with Crippen LogP contribution in [0, 0.1) is 11.7 Å². The molecule has 0 bridgehead atoms. The zero-order valence-electron chi connectivity index (χ0n) is 21.1. The first-order chi connectivity index (χ1) is 18.0. The number of nitrogens with one attached hydrogen (secondary N) is 2. The van der Waals surface area contributed by atoms with Gasteiger partial charge in [-0.1, -0.05) is 6.92 Å². The summed E-state index contributed by atoms with van der Waals surface area (Å²) in [5.41, 5.74) is -2.15. The Kier molecular flexibility index (Phi) is 7.96. The van der Waals surface area contributed by atoms with E-state index in [-0.39, 0.29) is 53.8 Å². The van der Waals surface area contributed by atoms with Crippen LogP contribution in [0.15, 0.2) is 18.3 Å². The SMILES string of the molecule is CC[C@@H]1C[C@@H](C(=O)N[C@H]2CC[C@@](O)(C(F)(F)F)CC2)CCN1C(=O)c1cc(-c2cc(OC)ncc2F)[nH]n1. The van der Waals surface area contributed by atoms with Crippen LogP contribution in [-0.2, 0) is 4.79 Å². The summed E-state index contributed by atoms with van der Waals surface area (Å²) in [7, 11) is 1.41. The van der Waals surface area contributed by atoms with Crippen LogP contribution in [0.2, 0.25) is 0 Å². The van der Waals surface area contributed by atoms with E-state index in [1.165, 1.54) is 19.2 Å². The Labute approximate surface area is 217 Å². The van der Waals surface area contributed by atoms with Crippen molar-refractivity contribution in [3.63, 3.8) is 0 Å². The van der Waals surface area contributed by atoms with E-state index in [9.17, 15) is 32.3 Å². The molecular weight excluding hydrogens is 510 g/mol. The molecule has 2 amide bonds. The molecule has 0 radical (unpaired) electrons. The van der Waals surface area contributed by atoms with Crippen LogP contribution in [0.5, 0.6) is 5.88 Å². The highest BCUT2D eigenvalue weighted by atomic mass is 19.4. The summed E-state index contributed by atoms with van der Waals surface area (Å²) >= 11 is 0. The quantitative estimate of drug-likeness (QED) is 0.481. The van der Waals surface area contributed by atoms with E-state index in [2.05, 4.69) is 20.5 Å². The van der Waals surface area contributed by atoms with Gasteiger partial charge in [-0.3, -0.25) is 14.7 Å². The van der Waals surface area contributed by atoms with E-state index >= 15 is 0 Å². The van der Waals surface area contributed by atoms with Crippen LogP contribution >= 0.6 is 0 Å². The van der Waals surface area contributed by atoms with Gasteiger partial charge in [-0.15, -0.1) is 0 Å². The van der Waals surface area contributed by atoms with Crippen molar-refractivity contribution in [3.8, 4) is 17.1 Å². The number of piperidine rings is 1. The third-order valence-corrected chi connectivity index (χ3v) is 7.63. The first kappa shape index (κ1) is 27.8. The summed E-state index contributed by atoms with van der Waals surface area (Å²) in [5, 5.41) is 19.4. The predicted octanol–water partition coefficient (Wildman–Crippen LogP) is 3.60. The van der Waals surface area contributed by atoms with Crippen molar-refractivity contribution >= 4 is 11.8 Å². The molecule has 2 aliphatic rings. The van der Waals surface area contributed by atoms with Gasteiger partial charge in [0.2, 0.25) is 11.8 Å². The number of amides is 2. The minimum atomic E-state index is -4.69. The van der Waals surface area contributed by atoms with Gasteiger partial charge in [0.1, 0.15) is 0 Å². The van der Waals surface area contributed by atoms with Gasteiger partial charge in [-0.05, 0) is 51.0 Å². The van der Waals surface area contributed by atoms with Crippen molar-refractivity contribution < 1.29 is 37.0 Å². The van der Waals surface area contributed by atoms with Gasteiger partial charge in [0.25, 0.3) is 5.91 Å². The van der Waals surface area contributed by atoms with Crippen LogP contribution in [0.3, 0.4) is 0 Å². The topological polar surface area (TPSA) is 120 Å². The highest BCUT2D eigenvalue weighted by Gasteiger charge is 2.54. The number of aromatic nitrogens is 3. The van der Waals surface area contributed by atoms with Crippen molar-refractivity contribution in [3.05, 3.63) is 29.8 Å². The second-order valence-corrected chi connectivity index (χ2v) is 9.97. The number of ether oxygens (including phenoxy) is 1. The zero-order valence-corrected chi connectivity index (χ0v) is 21.1. The lowest BCUT2D eigenvalue weighted by molar-refractivity contribution is -0.270. The number of methoxy groups -OCH3 is 1. The number of nitrogens with zero attached hydrogens (tertiary/aromatic N) is 3. The first-order valence-electron chi connectivity index (χ1n) is 12.6. The number of aromatic amines is 1. The van der Waals surface area contributed by atoms with Crippen molar-refractivity contribution in [2.75, 3.05) is 13.7 Å². The number of pyridine rings is 1. The third kappa shape index (κ3) is 5.62. The number of halogens is 4. The molecule has 1 aliphatic carbocycles. The largest absolute Gasteiger partial charge is 0.481 e. The summed E-state index contributed by atoms with van der Waals surface area (Å²) in [6.45, 7) is 2.20. The molecule has 2 atom stereocenters. The van der Waals surface area contributed by atoms with E-state index in [1.54, 1.807) is 4.90 Å². The van der Waals surface area contributed by atoms with Gasteiger partial charge in [0.15, 0.2) is 17.1 Å². The second-order valence-electron chi connectivity index (χ2n) is 9.97. The van der Waals surface area contributed by atoms with Crippen molar-refractivity contribution in [2.24, 2.45) is 5.92 Å². The fraction of sp³-hybridized carbons (Fsp3) is 0.600. The Bertz CT molecular complexity index is 1160. The molecule has 2 aromatic rings. The Morgan fingerprint density at radius 2 is 1.97 bits per heavy atom. The summed E-state index contributed by atoms with van der Waals surface area (Å²) in [4.78, 5) is 31.6. The molecule has 0 spiro atoms. The number of aliphatic hydroxyl groups is 1. The number of alkyl halides is 3. The van der Waals surface area contributed by atoms with Crippen LogP contribution in [0.4, 0.5) is 17.6 Å². The number of carbonyl (C=O) groups is 2. The molecule has 38 heavy (non-hydrogen) atoms. The van der Waals surface area contributed by atoms with Gasteiger partial charge in [0.05, 0.1) is 19.0 Å². The fourth-order valence-corrected chi connectivity index (χ4v) is 5.24. The second kappa shape index (κ2) is 10.9. The average Bonchev–Trinajstić information content (AvgIpc) is 3.39. The molecule has 2 fully saturated rings. The molecular formula is C25H31F4N5O4. The minimum Gasteiger partial charge on any atom is -0.481 e. The molecule has 0 unspecified atom stereocenters. The van der Waals surface area contributed by atoms with Gasteiger partial charge >= 0.3 is 6.18 Å². The molecule has 0 aromatic carbocycles. The van der Waals surface area contributed by atoms with Crippen LogP contribution < -0.4 is 10.1 Å². The van der Waals surface area contributed by atoms with Crippen molar-refractivity contribution in [1.29, 1.82) is 0 Å². The molecule has 3 heterocycles. The Hall–Kier alpha value is -3.22. The van der Waals surface area contributed by atoms with E-state index in [4.69, 9.17) is 4.74 Å². The Morgan fingerprint density at radius 1 is 1.26 bits per heavy atom. The maximum atomic E-state index is 14.3. The molecule has 1 aliphatic heterocycles. The maximum absolute atomic E-state index is 14.3. The lowest BCUT2D eigenvalue weighted by Crippen LogP contribution is -2.53. The molecule has 3 N–H and O–H groups in total. The molecule has 1 saturated heterocycles. The van der Waals surface area contributed by atoms with E-state index in [1.807, 2.05) is 6.92 Å². The first-order valence-corrected chi connectivity index (χ1v) is 12.6. The van der Waals surface area contributed by atoms with Gasteiger partial charge in [0, 0.05) is 36.2 Å². The van der Waals surface area contributed by atoms with Crippen molar-refractivity contribution in [1.82, 2.24) is 25.4 Å². The standard InChI is InChI=1S/C25H31F4N5O4/c1-3-16-10-14(22(35)31-15-4-7-24(37,8-5-15)25(27,28)29)6-9-34(16)23(36)20-12-19(32-33-20)17-11-21(38-2)30-13-18(17)26/h11-16,37H,3-10H2,1-2H3,(H,31,35)(H,32,33)/t14-,15-,16+,24-/m0/s1. The molecule has 9 nitrogen and oxygen atoms in total. The van der Waals surface area contributed by atoms with E-state index < -0.39 is 36.5 Å². The maximum Gasteiger partial charge on any atom is 0.417 e.